The molecule has 1 N–H and O–H groups in total. The zero-order valence-electron chi connectivity index (χ0n) is 18.8. The Labute approximate surface area is 190 Å². The van der Waals surface area contributed by atoms with Gasteiger partial charge in [0.15, 0.2) is 11.5 Å². The lowest BCUT2D eigenvalue weighted by Gasteiger charge is -2.34. The van der Waals surface area contributed by atoms with Gasteiger partial charge in [0.2, 0.25) is 10.0 Å². The quantitative estimate of drug-likeness (QED) is 0.653. The van der Waals surface area contributed by atoms with Crippen LogP contribution in [0.25, 0.3) is 0 Å². The van der Waals surface area contributed by atoms with Crippen LogP contribution in [0.4, 0.5) is 4.79 Å². The van der Waals surface area contributed by atoms with Crippen molar-refractivity contribution in [3.63, 3.8) is 0 Å². The van der Waals surface area contributed by atoms with Crippen molar-refractivity contribution in [2.45, 2.75) is 25.2 Å². The van der Waals surface area contributed by atoms with Gasteiger partial charge in [-0.1, -0.05) is 23.8 Å². The molecule has 0 spiro atoms. The van der Waals surface area contributed by atoms with E-state index >= 15 is 0 Å². The minimum absolute atomic E-state index is 0.185. The first-order chi connectivity index (χ1) is 15.3. The van der Waals surface area contributed by atoms with Crippen molar-refractivity contribution >= 4 is 16.1 Å². The summed E-state index contributed by atoms with van der Waals surface area (Å²) in [6.07, 6.45) is 0.649. The van der Waals surface area contributed by atoms with Crippen molar-refractivity contribution < 1.29 is 22.7 Å². The summed E-state index contributed by atoms with van der Waals surface area (Å²) in [6.45, 7) is 6.13. The number of urea groups is 1. The van der Waals surface area contributed by atoms with Crippen LogP contribution in [-0.2, 0) is 16.4 Å². The first kappa shape index (κ1) is 23.9. The minimum atomic E-state index is -3.54. The van der Waals surface area contributed by atoms with Crippen LogP contribution in [0.2, 0.25) is 0 Å². The highest BCUT2D eigenvalue weighted by atomic mass is 32.2. The monoisotopic (exact) mass is 461 g/mol. The second-order valence-electron chi connectivity index (χ2n) is 7.60. The van der Waals surface area contributed by atoms with Gasteiger partial charge in [-0.2, -0.15) is 4.31 Å². The molecule has 2 aromatic rings. The topological polar surface area (TPSA) is 88.2 Å². The largest absolute Gasteiger partial charge is 0.493 e. The van der Waals surface area contributed by atoms with Crippen LogP contribution in [0.15, 0.2) is 47.4 Å². The van der Waals surface area contributed by atoms with E-state index in [1.165, 1.54) is 4.31 Å². The number of hydrogen-bond acceptors (Lipinski definition) is 5. The van der Waals surface area contributed by atoms with Crippen molar-refractivity contribution in [3.05, 3.63) is 53.6 Å². The van der Waals surface area contributed by atoms with E-state index in [0.717, 1.165) is 11.1 Å². The molecule has 2 amide bonds. The molecule has 1 fully saturated rings. The van der Waals surface area contributed by atoms with Gasteiger partial charge < -0.3 is 19.7 Å². The van der Waals surface area contributed by atoms with Crippen molar-refractivity contribution in [1.82, 2.24) is 14.5 Å². The summed E-state index contributed by atoms with van der Waals surface area (Å²) in [5.74, 6) is 1.36. The summed E-state index contributed by atoms with van der Waals surface area (Å²) in [6, 6.07) is 12.4. The molecule has 9 heteroatoms. The smallest absolute Gasteiger partial charge is 0.317 e. The predicted molar refractivity (Wildman–Crippen MR) is 123 cm³/mol. The molecule has 0 atom stereocenters. The third-order valence-corrected chi connectivity index (χ3v) is 7.32. The fraction of sp³-hybridized carbons (Fsp3) is 0.435. The predicted octanol–water partition coefficient (Wildman–Crippen LogP) is 2.66. The van der Waals surface area contributed by atoms with E-state index in [1.807, 2.05) is 32.0 Å². The van der Waals surface area contributed by atoms with Crippen molar-refractivity contribution in [3.8, 4) is 11.5 Å². The Balaban J connectivity index is 1.48. The van der Waals surface area contributed by atoms with Gasteiger partial charge in [0.1, 0.15) is 0 Å². The molecule has 32 heavy (non-hydrogen) atoms. The van der Waals surface area contributed by atoms with E-state index in [4.69, 9.17) is 9.47 Å². The first-order valence-corrected chi connectivity index (χ1v) is 12.2. The maximum atomic E-state index is 12.8. The second-order valence-corrected chi connectivity index (χ2v) is 9.54. The summed E-state index contributed by atoms with van der Waals surface area (Å²) in [4.78, 5) is 14.5. The number of carbonyl (C=O) groups is 1. The Bertz CT molecular complexity index is 1020. The molecule has 0 radical (unpaired) electrons. The van der Waals surface area contributed by atoms with Gasteiger partial charge >= 0.3 is 6.03 Å². The van der Waals surface area contributed by atoms with Gasteiger partial charge in [-0.15, -0.1) is 0 Å². The van der Waals surface area contributed by atoms with Gasteiger partial charge in [-0.05, 0) is 50.1 Å². The van der Waals surface area contributed by atoms with E-state index in [0.29, 0.717) is 44.2 Å². The standard InChI is InChI=1S/C23H31N3O5S/c1-4-31-21-10-7-19(17-22(21)30-3)11-12-24-23(27)25-13-15-26(16-14-25)32(28,29)20-8-5-18(2)6-9-20/h5-10,17H,4,11-16H2,1-3H3,(H,24,27). The number of ether oxygens (including phenoxy) is 2. The molecule has 174 valence electrons. The number of carbonyl (C=O) groups excluding carboxylic acids is 1. The van der Waals surface area contributed by atoms with E-state index in [9.17, 15) is 13.2 Å². The van der Waals surface area contributed by atoms with Crippen LogP contribution < -0.4 is 14.8 Å². The summed E-state index contributed by atoms with van der Waals surface area (Å²) >= 11 is 0. The summed E-state index contributed by atoms with van der Waals surface area (Å²) < 4.78 is 37.9. The van der Waals surface area contributed by atoms with Gasteiger partial charge in [-0.25, -0.2) is 13.2 Å². The number of aryl methyl sites for hydroxylation is 1. The summed E-state index contributed by atoms with van der Waals surface area (Å²) in [5.41, 5.74) is 2.04. The lowest BCUT2D eigenvalue weighted by Crippen LogP contribution is -2.53. The number of hydrogen-bond donors (Lipinski definition) is 1. The second kappa shape index (κ2) is 10.7. The molecule has 2 aromatic carbocycles. The van der Waals surface area contributed by atoms with E-state index in [-0.39, 0.29) is 24.0 Å². The minimum Gasteiger partial charge on any atom is -0.493 e. The molecule has 0 bridgehead atoms. The highest BCUT2D eigenvalue weighted by molar-refractivity contribution is 7.89. The maximum Gasteiger partial charge on any atom is 0.317 e. The molecular formula is C23H31N3O5S. The number of rotatable bonds is 8. The van der Waals surface area contributed by atoms with Crippen molar-refractivity contribution in [2.75, 3.05) is 46.4 Å². The van der Waals surface area contributed by atoms with E-state index < -0.39 is 10.0 Å². The zero-order valence-corrected chi connectivity index (χ0v) is 19.7. The van der Waals surface area contributed by atoms with Gasteiger partial charge in [0.05, 0.1) is 18.6 Å². The van der Waals surface area contributed by atoms with Gasteiger partial charge in [-0.3, -0.25) is 0 Å². The number of amides is 2. The van der Waals surface area contributed by atoms with Gasteiger partial charge in [0.25, 0.3) is 0 Å². The average Bonchev–Trinajstić information content (AvgIpc) is 2.80. The Morgan fingerprint density at radius 1 is 1.03 bits per heavy atom. The number of nitrogens with one attached hydrogen (secondary N) is 1. The molecule has 0 aliphatic carbocycles. The van der Waals surface area contributed by atoms with Crippen LogP contribution >= 0.6 is 0 Å². The Morgan fingerprint density at radius 3 is 2.34 bits per heavy atom. The average molecular weight is 462 g/mol. The van der Waals surface area contributed by atoms with Crippen LogP contribution in [0.5, 0.6) is 11.5 Å². The Kier molecular flexibility index (Phi) is 7.98. The number of nitrogens with zero attached hydrogens (tertiary/aromatic N) is 2. The highest BCUT2D eigenvalue weighted by Gasteiger charge is 2.29. The lowest BCUT2D eigenvalue weighted by atomic mass is 10.1. The van der Waals surface area contributed by atoms with Crippen molar-refractivity contribution in [1.29, 1.82) is 0 Å². The molecule has 3 rings (SSSR count). The third kappa shape index (κ3) is 5.72. The molecule has 0 aromatic heterocycles. The molecular weight excluding hydrogens is 430 g/mol. The molecule has 1 saturated heterocycles. The molecule has 1 aliphatic rings. The highest BCUT2D eigenvalue weighted by Crippen LogP contribution is 2.28. The summed E-state index contributed by atoms with van der Waals surface area (Å²) in [7, 11) is -1.94. The molecule has 1 heterocycles. The first-order valence-electron chi connectivity index (χ1n) is 10.7. The molecule has 8 nitrogen and oxygen atoms in total. The fourth-order valence-corrected chi connectivity index (χ4v) is 4.98. The Hall–Kier alpha value is -2.78. The van der Waals surface area contributed by atoms with E-state index in [1.54, 1.807) is 36.3 Å². The fourth-order valence-electron chi connectivity index (χ4n) is 3.56. The maximum absolute atomic E-state index is 12.8. The van der Waals surface area contributed by atoms with Crippen LogP contribution in [0, 0.1) is 6.92 Å². The SMILES string of the molecule is CCOc1ccc(CCNC(=O)N2CCN(S(=O)(=O)c3ccc(C)cc3)CC2)cc1OC. The number of sulfonamides is 1. The lowest BCUT2D eigenvalue weighted by molar-refractivity contribution is 0.172. The van der Waals surface area contributed by atoms with Crippen LogP contribution in [0.1, 0.15) is 18.1 Å². The zero-order chi connectivity index (χ0) is 23.1. The van der Waals surface area contributed by atoms with Crippen molar-refractivity contribution in [2.24, 2.45) is 0 Å². The number of piperazine rings is 1. The normalized spacial score (nSPS) is 14.8. The third-order valence-electron chi connectivity index (χ3n) is 5.40. The molecule has 0 unspecified atom stereocenters. The van der Waals surface area contributed by atoms with Crippen LogP contribution in [0.3, 0.4) is 0 Å². The van der Waals surface area contributed by atoms with Crippen LogP contribution in [-0.4, -0.2) is 70.1 Å². The molecule has 0 saturated carbocycles. The van der Waals surface area contributed by atoms with Gasteiger partial charge in [0, 0.05) is 32.7 Å². The number of benzene rings is 2. The number of methoxy groups -OCH3 is 1. The van der Waals surface area contributed by atoms with E-state index in [2.05, 4.69) is 5.32 Å². The molecule has 1 aliphatic heterocycles. The summed E-state index contributed by atoms with van der Waals surface area (Å²) in [5, 5.41) is 2.92. The Morgan fingerprint density at radius 2 is 1.72 bits per heavy atom.